The molecule has 0 aliphatic rings. The fourth-order valence-corrected chi connectivity index (χ4v) is 2.15. The van der Waals surface area contributed by atoms with E-state index in [1.807, 2.05) is 0 Å². The van der Waals surface area contributed by atoms with Crippen molar-refractivity contribution in [2.45, 2.75) is 26.1 Å². The fourth-order valence-electron chi connectivity index (χ4n) is 2.15. The van der Waals surface area contributed by atoms with Gasteiger partial charge in [0.1, 0.15) is 11.4 Å². The number of rotatable bonds is 8. The molecular weight excluding hydrogens is 393 g/mol. The van der Waals surface area contributed by atoms with E-state index in [-0.39, 0.29) is 29.8 Å². The highest BCUT2D eigenvalue weighted by Gasteiger charge is 2.29. The molecule has 2 amide bonds. The Morgan fingerprint density at radius 3 is 2.62 bits per heavy atom. The lowest BCUT2D eigenvalue weighted by atomic mass is 10.2. The van der Waals surface area contributed by atoms with Gasteiger partial charge in [-0.25, -0.2) is 4.98 Å². The number of hydrogen-bond donors (Lipinski definition) is 2. The number of anilines is 1. The van der Waals surface area contributed by atoms with Gasteiger partial charge in [-0.2, -0.15) is 18.2 Å². The number of aromatic nitrogens is 2. The van der Waals surface area contributed by atoms with Crippen molar-refractivity contribution < 1.29 is 32.2 Å². The van der Waals surface area contributed by atoms with Gasteiger partial charge in [-0.15, -0.1) is 0 Å². The van der Waals surface area contributed by atoms with Crippen molar-refractivity contribution in [3.63, 3.8) is 0 Å². The molecule has 0 aliphatic carbocycles. The number of pyridine rings is 2. The molecule has 2 heterocycles. The van der Waals surface area contributed by atoms with Crippen molar-refractivity contribution in [1.82, 2.24) is 15.3 Å². The minimum absolute atomic E-state index is 0.0282. The number of nitrogens with one attached hydrogen (secondary N) is 2. The first kappa shape index (κ1) is 21.9. The first-order valence-electron chi connectivity index (χ1n) is 8.49. The van der Waals surface area contributed by atoms with E-state index in [1.54, 1.807) is 19.1 Å². The molecule has 8 nitrogen and oxygen atoms in total. The van der Waals surface area contributed by atoms with Crippen molar-refractivity contribution in [3.05, 3.63) is 41.6 Å². The van der Waals surface area contributed by atoms with Crippen molar-refractivity contribution in [2.75, 3.05) is 19.0 Å². The number of halogens is 3. The van der Waals surface area contributed by atoms with Gasteiger partial charge in [0.2, 0.25) is 17.7 Å². The monoisotopic (exact) mass is 412 g/mol. The van der Waals surface area contributed by atoms with Crippen LogP contribution in [0, 0.1) is 0 Å². The summed E-state index contributed by atoms with van der Waals surface area (Å²) >= 11 is 0. The van der Waals surface area contributed by atoms with Crippen LogP contribution in [-0.2, 0) is 11.3 Å². The van der Waals surface area contributed by atoms with Crippen LogP contribution in [0.5, 0.6) is 11.8 Å². The summed E-state index contributed by atoms with van der Waals surface area (Å²) in [7, 11) is 1.23. The zero-order chi connectivity index (χ0) is 21.4. The lowest BCUT2D eigenvalue weighted by Gasteiger charge is -2.12. The Morgan fingerprint density at radius 2 is 1.97 bits per heavy atom. The average Bonchev–Trinajstić information content (AvgIpc) is 2.69. The van der Waals surface area contributed by atoms with E-state index in [9.17, 15) is 22.8 Å². The van der Waals surface area contributed by atoms with Crippen LogP contribution in [0.2, 0.25) is 0 Å². The van der Waals surface area contributed by atoms with Gasteiger partial charge in [0.25, 0.3) is 5.91 Å². The summed E-state index contributed by atoms with van der Waals surface area (Å²) in [6, 6.07) is 5.67. The average molecular weight is 412 g/mol. The quantitative estimate of drug-likeness (QED) is 0.691. The van der Waals surface area contributed by atoms with Crippen LogP contribution >= 0.6 is 0 Å². The zero-order valence-electron chi connectivity index (χ0n) is 15.7. The second-order valence-electron chi connectivity index (χ2n) is 5.74. The number of nitrogens with zero attached hydrogens (tertiary/aromatic N) is 2. The third-order valence-corrected chi connectivity index (χ3v) is 3.52. The number of hydrogen-bond acceptors (Lipinski definition) is 6. The molecule has 0 spiro atoms. The standard InChI is InChI=1S/C18H19F3N4O4/c1-3-14(26)24-13-8-11(6-7-22-13)9-23-16(27)12-4-5-15(25-17(12)28-2)29-10-18(19,20)21/h4-8H,3,9-10H2,1-2H3,(H,23,27)(H,22,24,26). The van der Waals surface area contributed by atoms with Crippen LogP contribution in [0.25, 0.3) is 0 Å². The molecular formula is C18H19F3N4O4. The first-order valence-corrected chi connectivity index (χ1v) is 8.49. The van der Waals surface area contributed by atoms with E-state index in [4.69, 9.17) is 4.74 Å². The SMILES string of the molecule is CCC(=O)Nc1cc(CNC(=O)c2ccc(OCC(F)(F)F)nc2OC)ccn1. The number of carbonyl (C=O) groups is 2. The van der Waals surface area contributed by atoms with E-state index in [0.717, 1.165) is 6.07 Å². The van der Waals surface area contributed by atoms with Crippen molar-refractivity contribution in [3.8, 4) is 11.8 Å². The highest BCUT2D eigenvalue weighted by molar-refractivity contribution is 5.96. The van der Waals surface area contributed by atoms with E-state index in [2.05, 4.69) is 25.3 Å². The van der Waals surface area contributed by atoms with Gasteiger partial charge in [0, 0.05) is 25.2 Å². The first-order chi connectivity index (χ1) is 13.7. The molecule has 0 unspecified atom stereocenters. The lowest BCUT2D eigenvalue weighted by Crippen LogP contribution is -2.24. The second kappa shape index (κ2) is 9.71. The number of amides is 2. The fraction of sp³-hybridized carbons (Fsp3) is 0.333. The number of carbonyl (C=O) groups excluding carboxylic acids is 2. The van der Waals surface area contributed by atoms with Gasteiger partial charge in [0.15, 0.2) is 6.61 Å². The Hall–Kier alpha value is -3.37. The summed E-state index contributed by atoms with van der Waals surface area (Å²) in [5.41, 5.74) is 0.706. The molecule has 2 rings (SSSR count). The molecule has 0 aromatic carbocycles. The summed E-state index contributed by atoms with van der Waals surface area (Å²) in [4.78, 5) is 31.6. The maximum Gasteiger partial charge on any atom is 0.422 e. The topological polar surface area (TPSA) is 102 Å². The second-order valence-corrected chi connectivity index (χ2v) is 5.74. The summed E-state index contributed by atoms with van der Waals surface area (Å²) in [6.45, 7) is 0.319. The van der Waals surface area contributed by atoms with Gasteiger partial charge < -0.3 is 20.1 Å². The molecule has 2 aromatic heterocycles. The summed E-state index contributed by atoms with van der Waals surface area (Å²) in [6.07, 6.45) is -2.72. The Morgan fingerprint density at radius 1 is 1.21 bits per heavy atom. The Labute approximate surface area is 164 Å². The van der Waals surface area contributed by atoms with E-state index in [1.165, 1.54) is 19.4 Å². The number of alkyl halides is 3. The van der Waals surface area contributed by atoms with Crippen molar-refractivity contribution in [1.29, 1.82) is 0 Å². The predicted octanol–water partition coefficient (Wildman–Crippen LogP) is 2.70. The molecule has 0 saturated carbocycles. The summed E-state index contributed by atoms with van der Waals surface area (Å²) in [5.74, 6) is -0.877. The molecule has 2 aromatic rings. The zero-order valence-corrected chi connectivity index (χ0v) is 15.7. The number of ether oxygens (including phenoxy) is 2. The van der Waals surface area contributed by atoms with Crippen LogP contribution in [-0.4, -0.2) is 41.7 Å². The smallest absolute Gasteiger partial charge is 0.422 e. The molecule has 156 valence electrons. The maximum absolute atomic E-state index is 12.4. The normalized spacial score (nSPS) is 10.9. The maximum atomic E-state index is 12.4. The summed E-state index contributed by atoms with van der Waals surface area (Å²) < 4.78 is 46.2. The predicted molar refractivity (Wildman–Crippen MR) is 96.7 cm³/mol. The minimum atomic E-state index is -4.51. The number of methoxy groups -OCH3 is 1. The van der Waals surface area contributed by atoms with Crippen molar-refractivity contribution in [2.24, 2.45) is 0 Å². The van der Waals surface area contributed by atoms with Gasteiger partial charge in [-0.3, -0.25) is 9.59 Å². The molecule has 29 heavy (non-hydrogen) atoms. The van der Waals surface area contributed by atoms with Crippen LogP contribution in [0.3, 0.4) is 0 Å². The van der Waals surface area contributed by atoms with E-state index < -0.39 is 18.7 Å². The molecule has 0 saturated heterocycles. The molecule has 0 atom stereocenters. The molecule has 11 heteroatoms. The molecule has 0 radical (unpaired) electrons. The third kappa shape index (κ3) is 6.94. The van der Waals surface area contributed by atoms with Crippen LogP contribution in [0.15, 0.2) is 30.5 Å². The van der Waals surface area contributed by atoms with Crippen LogP contribution in [0.1, 0.15) is 29.3 Å². The molecule has 2 N–H and O–H groups in total. The van der Waals surface area contributed by atoms with Crippen LogP contribution in [0.4, 0.5) is 19.0 Å². The Kier molecular flexibility index (Phi) is 7.34. The Bertz CT molecular complexity index is 874. The summed E-state index contributed by atoms with van der Waals surface area (Å²) in [5, 5.41) is 5.25. The van der Waals surface area contributed by atoms with E-state index in [0.29, 0.717) is 17.8 Å². The highest BCUT2D eigenvalue weighted by Crippen LogP contribution is 2.22. The lowest BCUT2D eigenvalue weighted by molar-refractivity contribution is -0.154. The van der Waals surface area contributed by atoms with Crippen LogP contribution < -0.4 is 20.1 Å². The van der Waals surface area contributed by atoms with Gasteiger partial charge in [-0.1, -0.05) is 6.92 Å². The van der Waals surface area contributed by atoms with E-state index >= 15 is 0 Å². The molecule has 0 fully saturated rings. The Balaban J connectivity index is 2.03. The van der Waals surface area contributed by atoms with Crippen molar-refractivity contribution >= 4 is 17.6 Å². The van der Waals surface area contributed by atoms with Gasteiger partial charge >= 0.3 is 6.18 Å². The highest BCUT2D eigenvalue weighted by atomic mass is 19.4. The largest absolute Gasteiger partial charge is 0.480 e. The molecule has 0 bridgehead atoms. The molecule has 0 aliphatic heterocycles. The third-order valence-electron chi connectivity index (χ3n) is 3.52. The van der Waals surface area contributed by atoms with Gasteiger partial charge in [-0.05, 0) is 23.8 Å². The van der Waals surface area contributed by atoms with Gasteiger partial charge in [0.05, 0.1) is 7.11 Å². The minimum Gasteiger partial charge on any atom is -0.480 e.